The first kappa shape index (κ1) is 23.7. The highest BCUT2D eigenvalue weighted by atomic mass is 16.5. The number of ether oxygens (including phenoxy) is 1. The van der Waals surface area contributed by atoms with E-state index < -0.39 is 0 Å². The van der Waals surface area contributed by atoms with Crippen LogP contribution < -0.4 is 9.64 Å². The van der Waals surface area contributed by atoms with Crippen LogP contribution in [0.5, 0.6) is 5.75 Å². The fourth-order valence-electron chi connectivity index (χ4n) is 5.14. The number of fused-ring (bicyclic) bond motifs is 2. The topological polar surface area (TPSA) is 49.9 Å². The molecule has 0 aromatic heterocycles. The maximum absolute atomic E-state index is 13.5. The molecule has 0 aliphatic carbocycles. The summed E-state index contributed by atoms with van der Waals surface area (Å²) in [6.07, 6.45) is 2.61. The lowest BCUT2D eigenvalue weighted by Gasteiger charge is -2.30. The summed E-state index contributed by atoms with van der Waals surface area (Å²) in [6.45, 7) is 3.83. The van der Waals surface area contributed by atoms with Crippen molar-refractivity contribution < 1.29 is 14.3 Å². The van der Waals surface area contributed by atoms with Gasteiger partial charge in [0.1, 0.15) is 0 Å². The SMILES string of the molecule is Cc1cccc(CN2C(=O)C(=Cc3ccc(C(=O)N4CCc5ccccc5C4)cc3)Oc3ccccc32)c1. The molecule has 4 aromatic rings. The molecule has 0 unspecified atom stereocenters. The van der Waals surface area contributed by atoms with Gasteiger partial charge in [0.15, 0.2) is 11.5 Å². The molecule has 0 saturated carbocycles. The van der Waals surface area contributed by atoms with Gasteiger partial charge in [-0.05, 0) is 65.9 Å². The van der Waals surface area contributed by atoms with E-state index in [1.807, 2.05) is 90.7 Å². The molecule has 0 fully saturated rings. The number of benzene rings is 4. The monoisotopic (exact) mass is 500 g/mol. The molecule has 188 valence electrons. The van der Waals surface area contributed by atoms with Crippen molar-refractivity contribution >= 4 is 23.6 Å². The number of para-hydroxylation sites is 2. The largest absolute Gasteiger partial charge is 0.449 e. The van der Waals surface area contributed by atoms with E-state index in [4.69, 9.17) is 4.74 Å². The normalized spacial score (nSPS) is 15.6. The van der Waals surface area contributed by atoms with E-state index in [2.05, 4.69) is 18.2 Å². The lowest BCUT2D eigenvalue weighted by atomic mass is 9.99. The van der Waals surface area contributed by atoms with Crippen molar-refractivity contribution in [1.29, 1.82) is 0 Å². The van der Waals surface area contributed by atoms with Crippen LogP contribution in [0.3, 0.4) is 0 Å². The Morgan fingerprint density at radius 2 is 1.66 bits per heavy atom. The van der Waals surface area contributed by atoms with E-state index in [0.717, 1.165) is 28.8 Å². The van der Waals surface area contributed by atoms with Crippen LogP contribution in [0.2, 0.25) is 0 Å². The Morgan fingerprint density at radius 3 is 2.47 bits per heavy atom. The van der Waals surface area contributed by atoms with Gasteiger partial charge >= 0.3 is 0 Å². The Morgan fingerprint density at radius 1 is 0.895 bits per heavy atom. The number of carbonyl (C=O) groups excluding carboxylic acids is 2. The number of hydrogen-bond acceptors (Lipinski definition) is 3. The molecule has 0 spiro atoms. The van der Waals surface area contributed by atoms with E-state index >= 15 is 0 Å². The van der Waals surface area contributed by atoms with Crippen molar-refractivity contribution in [3.63, 3.8) is 0 Å². The first-order valence-corrected chi connectivity index (χ1v) is 12.9. The van der Waals surface area contributed by atoms with Gasteiger partial charge < -0.3 is 9.64 Å². The maximum atomic E-state index is 13.5. The van der Waals surface area contributed by atoms with Crippen molar-refractivity contribution in [3.05, 3.63) is 136 Å². The highest BCUT2D eigenvalue weighted by Gasteiger charge is 2.30. The molecule has 5 heteroatoms. The molecule has 0 bridgehead atoms. The number of hydrogen-bond donors (Lipinski definition) is 0. The third-order valence-corrected chi connectivity index (χ3v) is 7.13. The summed E-state index contributed by atoms with van der Waals surface area (Å²) in [5.74, 6) is 0.713. The Kier molecular flexibility index (Phi) is 6.26. The second-order valence-corrected chi connectivity index (χ2v) is 9.83. The van der Waals surface area contributed by atoms with Gasteiger partial charge in [0.2, 0.25) is 0 Å². The summed E-state index contributed by atoms with van der Waals surface area (Å²) >= 11 is 0. The van der Waals surface area contributed by atoms with Gasteiger partial charge in [0, 0.05) is 18.7 Å². The number of amides is 2. The van der Waals surface area contributed by atoms with Crippen molar-refractivity contribution in [1.82, 2.24) is 4.90 Å². The molecule has 4 aromatic carbocycles. The lowest BCUT2D eigenvalue weighted by Crippen LogP contribution is -2.36. The van der Waals surface area contributed by atoms with Gasteiger partial charge in [-0.25, -0.2) is 0 Å². The highest BCUT2D eigenvalue weighted by Crippen LogP contribution is 2.36. The average molecular weight is 501 g/mol. The smallest absolute Gasteiger partial charge is 0.294 e. The number of aryl methyl sites for hydroxylation is 1. The van der Waals surface area contributed by atoms with Crippen LogP contribution in [0.25, 0.3) is 6.08 Å². The number of rotatable bonds is 4. The van der Waals surface area contributed by atoms with Gasteiger partial charge in [-0.3, -0.25) is 14.5 Å². The van der Waals surface area contributed by atoms with E-state index in [1.54, 1.807) is 11.0 Å². The fourth-order valence-corrected chi connectivity index (χ4v) is 5.14. The van der Waals surface area contributed by atoms with Gasteiger partial charge in [-0.2, -0.15) is 0 Å². The van der Waals surface area contributed by atoms with Crippen molar-refractivity contribution in [2.45, 2.75) is 26.4 Å². The van der Waals surface area contributed by atoms with Gasteiger partial charge in [0.05, 0.1) is 12.2 Å². The maximum Gasteiger partial charge on any atom is 0.294 e. The van der Waals surface area contributed by atoms with Crippen LogP contribution in [0.15, 0.2) is 103 Å². The minimum Gasteiger partial charge on any atom is -0.449 e. The quantitative estimate of drug-likeness (QED) is 0.315. The molecular weight excluding hydrogens is 472 g/mol. The molecule has 38 heavy (non-hydrogen) atoms. The molecule has 2 aliphatic rings. The lowest BCUT2D eigenvalue weighted by molar-refractivity contribution is -0.117. The Bertz CT molecular complexity index is 1550. The highest BCUT2D eigenvalue weighted by molar-refractivity contribution is 6.09. The van der Waals surface area contributed by atoms with Crippen molar-refractivity contribution in [2.24, 2.45) is 0 Å². The summed E-state index contributed by atoms with van der Waals surface area (Å²) in [4.78, 5) is 30.3. The van der Waals surface area contributed by atoms with Gasteiger partial charge in [-0.1, -0.05) is 78.4 Å². The Labute approximate surface area is 222 Å². The second-order valence-electron chi connectivity index (χ2n) is 9.83. The minimum atomic E-state index is -0.197. The summed E-state index contributed by atoms with van der Waals surface area (Å²) in [5, 5.41) is 0. The number of nitrogens with zero attached hydrogens (tertiary/aromatic N) is 2. The summed E-state index contributed by atoms with van der Waals surface area (Å²) in [6, 6.07) is 31.4. The van der Waals surface area contributed by atoms with Crippen LogP contribution in [0.4, 0.5) is 5.69 Å². The molecule has 2 amide bonds. The molecule has 0 atom stereocenters. The molecule has 2 heterocycles. The Balaban J connectivity index is 1.23. The predicted molar refractivity (Wildman–Crippen MR) is 149 cm³/mol. The van der Waals surface area contributed by atoms with E-state index in [0.29, 0.717) is 30.9 Å². The average Bonchev–Trinajstić information content (AvgIpc) is 2.95. The molecule has 6 rings (SSSR count). The first-order valence-electron chi connectivity index (χ1n) is 12.9. The summed E-state index contributed by atoms with van der Waals surface area (Å²) in [5.41, 5.74) is 6.90. The molecule has 0 saturated heterocycles. The molecule has 0 radical (unpaired) electrons. The van der Waals surface area contributed by atoms with Crippen LogP contribution in [-0.2, 0) is 24.3 Å². The van der Waals surface area contributed by atoms with Crippen LogP contribution in [0.1, 0.15) is 38.2 Å². The van der Waals surface area contributed by atoms with Gasteiger partial charge in [-0.15, -0.1) is 0 Å². The van der Waals surface area contributed by atoms with Crippen molar-refractivity contribution in [2.75, 3.05) is 11.4 Å². The zero-order valence-corrected chi connectivity index (χ0v) is 21.3. The zero-order valence-electron chi connectivity index (χ0n) is 21.3. The van der Waals surface area contributed by atoms with Crippen LogP contribution in [-0.4, -0.2) is 23.3 Å². The van der Waals surface area contributed by atoms with Crippen LogP contribution in [0, 0.1) is 6.92 Å². The van der Waals surface area contributed by atoms with Crippen molar-refractivity contribution in [3.8, 4) is 5.75 Å². The summed E-state index contributed by atoms with van der Waals surface area (Å²) in [7, 11) is 0. The zero-order chi connectivity index (χ0) is 26.1. The standard InChI is InChI=1S/C33H28N2O3/c1-23-7-6-8-25(19-23)21-35-29-11-4-5-12-30(29)38-31(33(35)37)20-24-13-15-27(16-14-24)32(36)34-18-17-26-9-2-3-10-28(26)22-34/h2-16,19-20H,17-18,21-22H2,1H3. The molecular formula is C33H28N2O3. The van der Waals surface area contributed by atoms with Crippen LogP contribution >= 0.6 is 0 Å². The minimum absolute atomic E-state index is 0.0157. The second kappa shape index (κ2) is 10.0. The van der Waals surface area contributed by atoms with Gasteiger partial charge in [0.25, 0.3) is 11.8 Å². The first-order chi connectivity index (χ1) is 18.5. The molecule has 5 nitrogen and oxygen atoms in total. The third kappa shape index (κ3) is 4.71. The van der Waals surface area contributed by atoms with E-state index in [1.165, 1.54) is 11.1 Å². The molecule has 2 aliphatic heterocycles. The fraction of sp³-hybridized carbons (Fsp3) is 0.152. The van der Waals surface area contributed by atoms with E-state index in [-0.39, 0.29) is 17.6 Å². The number of carbonyl (C=O) groups is 2. The third-order valence-electron chi connectivity index (χ3n) is 7.13. The Hall–Kier alpha value is -4.64. The predicted octanol–water partition coefficient (Wildman–Crippen LogP) is 6.16. The summed E-state index contributed by atoms with van der Waals surface area (Å²) < 4.78 is 6.04. The number of anilines is 1. The molecule has 0 N–H and O–H groups in total. The van der Waals surface area contributed by atoms with E-state index in [9.17, 15) is 9.59 Å².